The molecule has 8 heteroatoms. The molecule has 4 N–H and O–H groups in total. The number of anilines is 1. The van der Waals surface area contributed by atoms with Crippen LogP contribution < -0.4 is 10.0 Å². The molecule has 0 aromatic heterocycles. The fourth-order valence-corrected chi connectivity index (χ4v) is 3.07. The molecular weight excluding hydrogens is 296 g/mol. The highest BCUT2D eigenvalue weighted by Gasteiger charge is 2.29. The summed E-state index contributed by atoms with van der Waals surface area (Å²) in [5, 5.41) is 23.5. The van der Waals surface area contributed by atoms with Gasteiger partial charge >= 0.3 is 5.97 Å². The first-order valence-corrected chi connectivity index (χ1v) is 8.02. The highest BCUT2D eigenvalue weighted by atomic mass is 32.2. The topological polar surface area (TPSA) is 121 Å². The van der Waals surface area contributed by atoms with Crippen molar-refractivity contribution in [1.29, 1.82) is 0 Å². The molecule has 0 heterocycles. The molecule has 7 nitrogen and oxygen atoms in total. The molecule has 0 amide bonds. The minimum atomic E-state index is -3.94. The van der Waals surface area contributed by atoms with Gasteiger partial charge in [-0.3, -0.25) is 0 Å². The molecular formula is C13H18N2O5S. The number of aliphatic hydroxyl groups excluding tert-OH is 1. The van der Waals surface area contributed by atoms with Crippen LogP contribution in [0.2, 0.25) is 0 Å². The first-order valence-electron chi connectivity index (χ1n) is 6.48. The third-order valence-electron chi connectivity index (χ3n) is 3.68. The van der Waals surface area contributed by atoms with Crippen LogP contribution in [-0.2, 0) is 10.0 Å². The van der Waals surface area contributed by atoms with Gasteiger partial charge in [0, 0.05) is 13.6 Å². The normalized spacial score (nSPS) is 21.7. The number of benzene rings is 1. The van der Waals surface area contributed by atoms with Crippen molar-refractivity contribution >= 4 is 21.7 Å². The van der Waals surface area contributed by atoms with E-state index < -0.39 is 16.0 Å². The van der Waals surface area contributed by atoms with E-state index in [1.54, 1.807) is 11.9 Å². The molecule has 0 saturated heterocycles. The fraction of sp³-hybridized carbons (Fsp3) is 0.462. The van der Waals surface area contributed by atoms with Crippen LogP contribution in [0.15, 0.2) is 23.1 Å². The van der Waals surface area contributed by atoms with Gasteiger partial charge in [-0.25, -0.2) is 18.4 Å². The number of nitrogens with zero attached hydrogens (tertiary/aromatic N) is 1. The summed E-state index contributed by atoms with van der Waals surface area (Å²) in [6, 6.07) is 3.81. The number of rotatable bonds is 5. The second kappa shape index (κ2) is 5.63. The summed E-state index contributed by atoms with van der Waals surface area (Å²) in [5.74, 6) is -0.902. The van der Waals surface area contributed by atoms with E-state index in [1.807, 2.05) is 0 Å². The standard InChI is InChI=1S/C13H18N2O5S/c1-15(7-8-4-9(16)5-8)12-3-2-10(21(14,19)20)6-11(12)13(17)18/h2-3,6,8-9,16H,4-5,7H2,1H3,(H,17,18)(H2,14,19,20). The van der Waals surface area contributed by atoms with Crippen molar-refractivity contribution in [2.45, 2.75) is 23.8 Å². The van der Waals surface area contributed by atoms with Crippen LogP contribution in [0, 0.1) is 5.92 Å². The smallest absolute Gasteiger partial charge is 0.337 e. The summed E-state index contributed by atoms with van der Waals surface area (Å²) in [6.45, 7) is 0.603. The zero-order chi connectivity index (χ0) is 15.8. The number of sulfonamides is 1. The van der Waals surface area contributed by atoms with E-state index in [2.05, 4.69) is 0 Å². The number of aliphatic hydroxyl groups is 1. The predicted molar refractivity (Wildman–Crippen MR) is 76.8 cm³/mol. The molecule has 1 aromatic carbocycles. The highest BCUT2D eigenvalue weighted by Crippen LogP contribution is 2.30. The van der Waals surface area contributed by atoms with Crippen LogP contribution >= 0.6 is 0 Å². The SMILES string of the molecule is CN(CC1CC(O)C1)c1ccc(S(N)(=O)=O)cc1C(=O)O. The number of nitrogens with two attached hydrogens (primary N) is 1. The Balaban J connectivity index is 2.28. The maximum absolute atomic E-state index is 11.3. The van der Waals surface area contributed by atoms with Gasteiger partial charge in [-0.1, -0.05) is 0 Å². The van der Waals surface area contributed by atoms with Crippen LogP contribution in [0.4, 0.5) is 5.69 Å². The van der Waals surface area contributed by atoms with Crippen LogP contribution in [0.5, 0.6) is 0 Å². The van der Waals surface area contributed by atoms with E-state index in [-0.39, 0.29) is 16.6 Å². The molecule has 116 valence electrons. The molecule has 21 heavy (non-hydrogen) atoms. The maximum Gasteiger partial charge on any atom is 0.337 e. The fourth-order valence-electron chi connectivity index (χ4n) is 2.53. The molecule has 2 rings (SSSR count). The van der Waals surface area contributed by atoms with Gasteiger partial charge in [-0.05, 0) is 37.0 Å². The van der Waals surface area contributed by atoms with Gasteiger partial charge in [0.25, 0.3) is 0 Å². The Labute approximate surface area is 123 Å². The molecule has 1 aliphatic carbocycles. The lowest BCUT2D eigenvalue weighted by Crippen LogP contribution is -2.37. The molecule has 0 aliphatic heterocycles. The number of carbonyl (C=O) groups is 1. The van der Waals surface area contributed by atoms with Crippen molar-refractivity contribution in [2.24, 2.45) is 11.1 Å². The quantitative estimate of drug-likeness (QED) is 0.716. The number of carboxylic acid groups (broad SMARTS) is 1. The highest BCUT2D eigenvalue weighted by molar-refractivity contribution is 7.89. The van der Waals surface area contributed by atoms with Gasteiger partial charge in [0.1, 0.15) is 0 Å². The Morgan fingerprint density at radius 2 is 2.05 bits per heavy atom. The first-order chi connectivity index (χ1) is 9.68. The Morgan fingerprint density at radius 3 is 2.52 bits per heavy atom. The average molecular weight is 314 g/mol. The van der Waals surface area contributed by atoms with Crippen molar-refractivity contribution in [3.63, 3.8) is 0 Å². The summed E-state index contributed by atoms with van der Waals surface area (Å²) in [4.78, 5) is 12.9. The summed E-state index contributed by atoms with van der Waals surface area (Å²) >= 11 is 0. The second-order valence-corrected chi connectivity index (χ2v) is 6.96. The third-order valence-corrected chi connectivity index (χ3v) is 4.59. The van der Waals surface area contributed by atoms with Gasteiger partial charge in [0.15, 0.2) is 0 Å². The van der Waals surface area contributed by atoms with E-state index in [0.717, 1.165) is 6.07 Å². The average Bonchev–Trinajstić information content (AvgIpc) is 2.34. The van der Waals surface area contributed by atoms with Crippen LogP contribution in [-0.4, -0.2) is 44.3 Å². The monoisotopic (exact) mass is 314 g/mol. The predicted octanol–water partition coefficient (Wildman–Crippen LogP) is 0.239. The van der Waals surface area contributed by atoms with Gasteiger partial charge in [-0.15, -0.1) is 0 Å². The van der Waals surface area contributed by atoms with E-state index in [9.17, 15) is 23.4 Å². The molecule has 1 aliphatic rings. The number of carboxylic acids is 1. The molecule has 0 atom stereocenters. The summed E-state index contributed by atoms with van der Waals surface area (Å²) < 4.78 is 22.6. The minimum absolute atomic E-state index is 0.108. The number of hydrogen-bond acceptors (Lipinski definition) is 5. The van der Waals surface area contributed by atoms with Crippen LogP contribution in [0.3, 0.4) is 0 Å². The number of hydrogen-bond donors (Lipinski definition) is 3. The molecule has 0 bridgehead atoms. The van der Waals surface area contributed by atoms with Crippen molar-refractivity contribution < 1.29 is 23.4 Å². The van der Waals surface area contributed by atoms with E-state index in [0.29, 0.717) is 31.0 Å². The number of primary sulfonamides is 1. The zero-order valence-corrected chi connectivity index (χ0v) is 12.4. The Morgan fingerprint density at radius 1 is 1.43 bits per heavy atom. The maximum atomic E-state index is 11.3. The molecule has 1 saturated carbocycles. The largest absolute Gasteiger partial charge is 0.478 e. The van der Waals surface area contributed by atoms with Gasteiger partial charge < -0.3 is 15.1 Å². The Bertz CT molecular complexity index is 653. The summed E-state index contributed by atoms with van der Waals surface area (Å²) in [6.07, 6.45) is 1.12. The summed E-state index contributed by atoms with van der Waals surface area (Å²) in [7, 11) is -2.20. The van der Waals surface area contributed by atoms with Gasteiger partial charge in [0.05, 0.1) is 22.3 Å². The van der Waals surface area contributed by atoms with Crippen molar-refractivity contribution in [2.75, 3.05) is 18.5 Å². The molecule has 0 unspecified atom stereocenters. The van der Waals surface area contributed by atoms with E-state index in [1.165, 1.54) is 12.1 Å². The van der Waals surface area contributed by atoms with Gasteiger partial charge in [0.2, 0.25) is 10.0 Å². The lowest BCUT2D eigenvalue weighted by Gasteiger charge is -2.35. The van der Waals surface area contributed by atoms with Crippen LogP contribution in [0.25, 0.3) is 0 Å². The lowest BCUT2D eigenvalue weighted by atomic mass is 9.82. The molecule has 1 fully saturated rings. The second-order valence-electron chi connectivity index (χ2n) is 5.40. The Hall–Kier alpha value is -1.64. The van der Waals surface area contributed by atoms with Crippen LogP contribution in [0.1, 0.15) is 23.2 Å². The number of aromatic carboxylic acids is 1. The zero-order valence-electron chi connectivity index (χ0n) is 11.6. The van der Waals surface area contributed by atoms with Crippen molar-refractivity contribution in [1.82, 2.24) is 0 Å². The van der Waals surface area contributed by atoms with E-state index in [4.69, 9.17) is 5.14 Å². The van der Waals surface area contributed by atoms with Gasteiger partial charge in [-0.2, -0.15) is 0 Å². The molecule has 0 radical (unpaired) electrons. The van der Waals surface area contributed by atoms with Crippen molar-refractivity contribution in [3.8, 4) is 0 Å². The van der Waals surface area contributed by atoms with E-state index >= 15 is 0 Å². The summed E-state index contributed by atoms with van der Waals surface area (Å²) in [5.41, 5.74) is 0.320. The molecule has 0 spiro atoms. The minimum Gasteiger partial charge on any atom is -0.478 e. The lowest BCUT2D eigenvalue weighted by molar-refractivity contribution is 0.0463. The third kappa shape index (κ3) is 3.52. The Kier molecular flexibility index (Phi) is 4.22. The first kappa shape index (κ1) is 15.7. The molecule has 1 aromatic rings. The van der Waals surface area contributed by atoms with Crippen molar-refractivity contribution in [3.05, 3.63) is 23.8 Å².